The first-order chi connectivity index (χ1) is 10.2. The summed E-state index contributed by atoms with van der Waals surface area (Å²) in [5, 5.41) is 9.90. The number of aliphatic hydroxyl groups excluding tert-OH is 1. The second-order valence-electron chi connectivity index (χ2n) is 4.61. The molecule has 0 radical (unpaired) electrons. The predicted octanol–water partition coefficient (Wildman–Crippen LogP) is 2.19. The Morgan fingerprint density at radius 2 is 1.90 bits per heavy atom. The number of rotatable bonds is 4. The van der Waals surface area contributed by atoms with Crippen molar-refractivity contribution in [3.63, 3.8) is 0 Å². The topological polar surface area (TPSA) is 65.0 Å². The first kappa shape index (κ1) is 13.5. The van der Waals surface area contributed by atoms with Gasteiger partial charge < -0.3 is 19.3 Å². The quantitative estimate of drug-likeness (QED) is 0.873. The van der Waals surface area contributed by atoms with Gasteiger partial charge in [-0.2, -0.15) is 0 Å². The lowest BCUT2D eigenvalue weighted by molar-refractivity contribution is -0.155. The summed E-state index contributed by atoms with van der Waals surface area (Å²) >= 11 is 0. The summed E-state index contributed by atoms with van der Waals surface area (Å²) in [5.41, 5.74) is 1.28. The van der Waals surface area contributed by atoms with E-state index in [9.17, 15) is 9.90 Å². The third-order valence-electron chi connectivity index (χ3n) is 3.16. The number of ether oxygens (including phenoxy) is 3. The van der Waals surface area contributed by atoms with Crippen LogP contribution in [0, 0.1) is 0 Å². The Labute approximate surface area is 121 Å². The van der Waals surface area contributed by atoms with E-state index in [4.69, 9.17) is 14.2 Å². The van der Waals surface area contributed by atoms with Crippen LogP contribution in [0.25, 0.3) is 0 Å². The van der Waals surface area contributed by atoms with Crippen molar-refractivity contribution in [1.29, 1.82) is 0 Å². The fourth-order valence-electron chi connectivity index (χ4n) is 2.04. The van der Waals surface area contributed by atoms with Gasteiger partial charge in [0.05, 0.1) is 0 Å². The van der Waals surface area contributed by atoms with Gasteiger partial charge in [-0.3, -0.25) is 0 Å². The molecule has 2 aromatic carbocycles. The second-order valence-corrected chi connectivity index (χ2v) is 4.61. The van der Waals surface area contributed by atoms with Crippen molar-refractivity contribution in [2.75, 3.05) is 6.79 Å². The molecule has 0 amide bonds. The fraction of sp³-hybridized carbons (Fsp3) is 0.188. The van der Waals surface area contributed by atoms with Crippen molar-refractivity contribution in [3.05, 3.63) is 59.7 Å². The molecule has 0 unspecified atom stereocenters. The van der Waals surface area contributed by atoms with Crippen molar-refractivity contribution in [2.24, 2.45) is 0 Å². The van der Waals surface area contributed by atoms with Gasteiger partial charge in [0.1, 0.15) is 6.61 Å². The highest BCUT2D eigenvalue weighted by Crippen LogP contribution is 2.32. The van der Waals surface area contributed by atoms with Crippen molar-refractivity contribution in [3.8, 4) is 11.5 Å². The number of carbonyl (C=O) groups excluding carboxylic acids is 1. The minimum absolute atomic E-state index is 0.0688. The third kappa shape index (κ3) is 2.98. The molecule has 0 aromatic heterocycles. The molecule has 1 atom stereocenters. The van der Waals surface area contributed by atoms with E-state index in [0.717, 1.165) is 5.56 Å². The highest BCUT2D eigenvalue weighted by molar-refractivity contribution is 5.76. The van der Waals surface area contributed by atoms with E-state index in [1.165, 1.54) is 0 Å². The van der Waals surface area contributed by atoms with Gasteiger partial charge in [-0.1, -0.05) is 36.4 Å². The summed E-state index contributed by atoms with van der Waals surface area (Å²) in [6, 6.07) is 14.0. The van der Waals surface area contributed by atoms with Gasteiger partial charge in [0.15, 0.2) is 17.6 Å². The maximum atomic E-state index is 11.8. The van der Waals surface area contributed by atoms with E-state index in [1.54, 1.807) is 42.5 Å². The zero-order chi connectivity index (χ0) is 14.7. The Morgan fingerprint density at radius 1 is 1.14 bits per heavy atom. The largest absolute Gasteiger partial charge is 0.459 e. The van der Waals surface area contributed by atoms with E-state index in [1.807, 2.05) is 6.07 Å². The van der Waals surface area contributed by atoms with Gasteiger partial charge in [-0.25, -0.2) is 4.79 Å². The first-order valence-corrected chi connectivity index (χ1v) is 6.52. The molecule has 2 aromatic rings. The zero-order valence-electron chi connectivity index (χ0n) is 11.2. The number of esters is 1. The molecule has 108 valence electrons. The number of aliphatic hydroxyl groups is 1. The second kappa shape index (κ2) is 5.85. The molecule has 0 aliphatic carbocycles. The van der Waals surface area contributed by atoms with Gasteiger partial charge >= 0.3 is 5.97 Å². The molecule has 3 rings (SSSR count). The summed E-state index contributed by atoms with van der Waals surface area (Å²) in [5.74, 6) is 0.625. The number of hydrogen-bond acceptors (Lipinski definition) is 5. The Morgan fingerprint density at radius 3 is 2.71 bits per heavy atom. The molecular weight excluding hydrogens is 272 g/mol. The number of benzene rings is 2. The average molecular weight is 286 g/mol. The number of carbonyl (C=O) groups is 1. The Hall–Kier alpha value is -2.53. The lowest BCUT2D eigenvalue weighted by Crippen LogP contribution is -2.15. The first-order valence-electron chi connectivity index (χ1n) is 6.52. The summed E-state index contributed by atoms with van der Waals surface area (Å²) in [7, 11) is 0. The molecular formula is C16H14O5. The standard InChI is InChI=1S/C16H14O5/c17-15(12-4-2-1-3-5-12)16(18)19-9-11-6-7-13-14(8-11)21-10-20-13/h1-8,15,17H,9-10H2/t15-/m1/s1. The number of fused-ring (bicyclic) bond motifs is 1. The summed E-state index contributed by atoms with van der Waals surface area (Å²) < 4.78 is 15.6. The summed E-state index contributed by atoms with van der Waals surface area (Å²) in [4.78, 5) is 11.8. The molecule has 5 nitrogen and oxygen atoms in total. The lowest BCUT2D eigenvalue weighted by atomic mass is 10.1. The van der Waals surface area contributed by atoms with Crippen LogP contribution in [0.4, 0.5) is 0 Å². The predicted molar refractivity (Wildman–Crippen MR) is 73.8 cm³/mol. The maximum absolute atomic E-state index is 11.8. The fourth-order valence-corrected chi connectivity index (χ4v) is 2.04. The molecule has 5 heteroatoms. The van der Waals surface area contributed by atoms with Crippen LogP contribution in [-0.2, 0) is 16.1 Å². The smallest absolute Gasteiger partial charge is 0.339 e. The van der Waals surface area contributed by atoms with E-state index in [2.05, 4.69) is 0 Å². The Bertz CT molecular complexity index is 638. The van der Waals surface area contributed by atoms with Crippen LogP contribution in [0.2, 0.25) is 0 Å². The molecule has 1 aliphatic heterocycles. The highest BCUT2D eigenvalue weighted by atomic mass is 16.7. The molecule has 0 spiro atoms. The van der Waals surface area contributed by atoms with Gasteiger partial charge in [-0.05, 0) is 23.3 Å². The molecule has 1 heterocycles. The van der Waals surface area contributed by atoms with Crippen molar-refractivity contribution in [1.82, 2.24) is 0 Å². The SMILES string of the molecule is O=C(OCc1ccc2c(c1)OCO2)[C@H](O)c1ccccc1. The summed E-state index contributed by atoms with van der Waals surface area (Å²) in [6.07, 6.45) is -1.28. The van der Waals surface area contributed by atoms with Crippen LogP contribution >= 0.6 is 0 Å². The van der Waals surface area contributed by atoms with E-state index >= 15 is 0 Å². The van der Waals surface area contributed by atoms with E-state index < -0.39 is 12.1 Å². The molecule has 0 bridgehead atoms. The van der Waals surface area contributed by atoms with E-state index in [-0.39, 0.29) is 13.4 Å². The average Bonchev–Trinajstić information content (AvgIpc) is 3.00. The van der Waals surface area contributed by atoms with Gasteiger partial charge in [0, 0.05) is 0 Å². The van der Waals surface area contributed by atoms with Crippen molar-refractivity contribution >= 4 is 5.97 Å². The van der Waals surface area contributed by atoms with Crippen LogP contribution < -0.4 is 9.47 Å². The Balaban J connectivity index is 1.61. The van der Waals surface area contributed by atoms with Crippen LogP contribution in [0.15, 0.2) is 48.5 Å². The summed E-state index contributed by atoms with van der Waals surface area (Å²) in [6.45, 7) is 0.269. The lowest BCUT2D eigenvalue weighted by Gasteiger charge is -2.11. The minimum Gasteiger partial charge on any atom is -0.459 e. The molecule has 21 heavy (non-hydrogen) atoms. The molecule has 0 saturated carbocycles. The van der Waals surface area contributed by atoms with Gasteiger partial charge in [0.2, 0.25) is 6.79 Å². The zero-order valence-corrected chi connectivity index (χ0v) is 11.2. The van der Waals surface area contributed by atoms with Crippen LogP contribution in [0.5, 0.6) is 11.5 Å². The Kier molecular flexibility index (Phi) is 3.75. The van der Waals surface area contributed by atoms with Crippen LogP contribution in [-0.4, -0.2) is 17.9 Å². The number of hydrogen-bond donors (Lipinski definition) is 1. The van der Waals surface area contributed by atoms with Gasteiger partial charge in [0.25, 0.3) is 0 Å². The molecule has 0 fully saturated rings. The van der Waals surface area contributed by atoms with Gasteiger partial charge in [-0.15, -0.1) is 0 Å². The van der Waals surface area contributed by atoms with Crippen LogP contribution in [0.3, 0.4) is 0 Å². The molecule has 1 N–H and O–H groups in total. The van der Waals surface area contributed by atoms with Crippen LogP contribution in [0.1, 0.15) is 17.2 Å². The molecule has 1 aliphatic rings. The minimum atomic E-state index is -1.28. The normalized spacial score (nSPS) is 13.8. The monoisotopic (exact) mass is 286 g/mol. The van der Waals surface area contributed by atoms with Crippen molar-refractivity contribution < 1.29 is 24.1 Å². The van der Waals surface area contributed by atoms with E-state index in [0.29, 0.717) is 17.1 Å². The maximum Gasteiger partial charge on any atom is 0.339 e. The van der Waals surface area contributed by atoms with Crippen molar-refractivity contribution in [2.45, 2.75) is 12.7 Å². The highest BCUT2D eigenvalue weighted by Gasteiger charge is 2.19. The third-order valence-corrected chi connectivity index (χ3v) is 3.16. The molecule has 0 saturated heterocycles.